The number of fused-ring (bicyclic) bond motifs is 1. The van der Waals surface area contributed by atoms with Crippen molar-refractivity contribution in [3.05, 3.63) is 59.1 Å². The van der Waals surface area contributed by atoms with Gasteiger partial charge in [0.2, 0.25) is 6.10 Å². The molecule has 140 valence electrons. The number of halogens is 1. The summed E-state index contributed by atoms with van der Waals surface area (Å²) in [5.41, 5.74) is 0.558. The second-order valence-corrected chi connectivity index (χ2v) is 6.93. The molecule has 2 aromatic carbocycles. The number of nitrogens with zero attached hydrogens (tertiary/aromatic N) is 2. The van der Waals surface area contributed by atoms with Gasteiger partial charge in [-0.05, 0) is 30.3 Å². The molecule has 2 aromatic rings. The minimum absolute atomic E-state index is 0.0734. The average molecular weight is 387 g/mol. The maximum absolute atomic E-state index is 12.8. The van der Waals surface area contributed by atoms with Crippen LogP contribution in [0, 0.1) is 0 Å². The Kier molecular flexibility index (Phi) is 4.90. The number of rotatable bonds is 2. The van der Waals surface area contributed by atoms with E-state index in [0.717, 1.165) is 0 Å². The van der Waals surface area contributed by atoms with Crippen LogP contribution in [-0.4, -0.2) is 60.5 Å². The molecule has 0 aliphatic carbocycles. The van der Waals surface area contributed by atoms with E-state index in [-0.39, 0.29) is 18.4 Å². The Morgan fingerprint density at radius 2 is 1.63 bits per heavy atom. The number of carbonyl (C=O) groups excluding carboxylic acids is 2. The van der Waals surface area contributed by atoms with Crippen LogP contribution in [0.4, 0.5) is 0 Å². The van der Waals surface area contributed by atoms with Crippen molar-refractivity contribution in [2.45, 2.75) is 6.10 Å². The lowest BCUT2D eigenvalue weighted by molar-refractivity contribution is -0.142. The number of para-hydroxylation sites is 2. The first-order valence-electron chi connectivity index (χ1n) is 8.84. The molecule has 4 rings (SSSR count). The van der Waals surface area contributed by atoms with Crippen LogP contribution in [0.5, 0.6) is 11.5 Å². The van der Waals surface area contributed by atoms with Crippen LogP contribution in [0.15, 0.2) is 48.5 Å². The summed E-state index contributed by atoms with van der Waals surface area (Å²) in [6.07, 6.45) is -0.657. The first-order chi connectivity index (χ1) is 13.1. The predicted molar refractivity (Wildman–Crippen MR) is 100 cm³/mol. The molecule has 1 unspecified atom stereocenters. The Morgan fingerprint density at radius 3 is 2.37 bits per heavy atom. The van der Waals surface area contributed by atoms with E-state index in [1.807, 2.05) is 18.2 Å². The number of hydrogen-bond acceptors (Lipinski definition) is 4. The third-order valence-corrected chi connectivity index (χ3v) is 4.97. The zero-order chi connectivity index (χ0) is 18.8. The molecule has 6 nitrogen and oxygen atoms in total. The lowest BCUT2D eigenvalue weighted by atomic mass is 10.1. The molecule has 0 saturated carbocycles. The fraction of sp³-hybridized carbons (Fsp3) is 0.300. The van der Waals surface area contributed by atoms with Gasteiger partial charge in [0, 0.05) is 36.8 Å². The molecule has 2 aliphatic heterocycles. The first kappa shape index (κ1) is 17.7. The number of piperazine rings is 1. The van der Waals surface area contributed by atoms with E-state index in [0.29, 0.717) is 48.3 Å². The molecule has 0 radical (unpaired) electrons. The van der Waals surface area contributed by atoms with E-state index in [1.54, 1.807) is 40.1 Å². The van der Waals surface area contributed by atoms with E-state index < -0.39 is 6.10 Å². The summed E-state index contributed by atoms with van der Waals surface area (Å²) < 4.78 is 11.4. The number of hydrogen-bond donors (Lipinski definition) is 0. The number of amides is 2. The Morgan fingerprint density at radius 1 is 0.926 bits per heavy atom. The van der Waals surface area contributed by atoms with E-state index in [4.69, 9.17) is 21.1 Å². The standard InChI is InChI=1S/C20H19ClN2O4/c21-15-5-3-4-14(12-15)19(24)22-8-10-23(11-9-22)20(25)18-13-26-16-6-1-2-7-17(16)27-18/h1-7,12,18H,8-11,13H2. The minimum atomic E-state index is -0.657. The fourth-order valence-corrected chi connectivity index (χ4v) is 3.47. The van der Waals surface area contributed by atoms with Gasteiger partial charge in [0.15, 0.2) is 11.5 Å². The molecule has 2 amide bonds. The topological polar surface area (TPSA) is 59.1 Å². The van der Waals surface area contributed by atoms with Gasteiger partial charge >= 0.3 is 0 Å². The second-order valence-electron chi connectivity index (χ2n) is 6.49. The predicted octanol–water partition coefficient (Wildman–Crippen LogP) is 2.46. The Labute approximate surface area is 162 Å². The van der Waals surface area contributed by atoms with Crippen LogP contribution < -0.4 is 9.47 Å². The van der Waals surface area contributed by atoms with Gasteiger partial charge in [0.05, 0.1) is 0 Å². The maximum Gasteiger partial charge on any atom is 0.267 e. The highest BCUT2D eigenvalue weighted by atomic mass is 35.5. The third-order valence-electron chi connectivity index (χ3n) is 4.73. The first-order valence-corrected chi connectivity index (χ1v) is 9.22. The van der Waals surface area contributed by atoms with Gasteiger partial charge in [-0.15, -0.1) is 0 Å². The summed E-state index contributed by atoms with van der Waals surface area (Å²) in [6, 6.07) is 14.2. The van der Waals surface area contributed by atoms with Gasteiger partial charge in [-0.2, -0.15) is 0 Å². The van der Waals surface area contributed by atoms with Gasteiger partial charge in [-0.3, -0.25) is 9.59 Å². The van der Waals surface area contributed by atoms with Crippen molar-refractivity contribution >= 4 is 23.4 Å². The smallest absolute Gasteiger partial charge is 0.267 e. The summed E-state index contributed by atoms with van der Waals surface area (Å²) in [7, 11) is 0. The molecule has 2 aliphatic rings. The van der Waals surface area contributed by atoms with Crippen LogP contribution in [0.3, 0.4) is 0 Å². The van der Waals surface area contributed by atoms with Crippen molar-refractivity contribution in [3.63, 3.8) is 0 Å². The monoisotopic (exact) mass is 386 g/mol. The minimum Gasteiger partial charge on any atom is -0.485 e. The van der Waals surface area contributed by atoms with Gasteiger partial charge in [0.1, 0.15) is 6.61 Å². The molecule has 0 N–H and O–H groups in total. The molecule has 1 fully saturated rings. The summed E-state index contributed by atoms with van der Waals surface area (Å²) in [4.78, 5) is 28.8. The lowest BCUT2D eigenvalue weighted by Gasteiger charge is -2.37. The SMILES string of the molecule is O=C(c1cccc(Cl)c1)N1CCN(C(=O)C2COc3ccccc3O2)CC1. The molecular weight excluding hydrogens is 368 g/mol. The highest BCUT2D eigenvalue weighted by molar-refractivity contribution is 6.30. The van der Waals surface area contributed by atoms with Crippen molar-refractivity contribution in [3.8, 4) is 11.5 Å². The summed E-state index contributed by atoms with van der Waals surface area (Å²) >= 11 is 5.97. The van der Waals surface area contributed by atoms with Gasteiger partial charge in [-0.25, -0.2) is 0 Å². The van der Waals surface area contributed by atoms with Crippen molar-refractivity contribution < 1.29 is 19.1 Å². The van der Waals surface area contributed by atoms with Crippen molar-refractivity contribution in [1.82, 2.24) is 9.80 Å². The Balaban J connectivity index is 1.35. The van der Waals surface area contributed by atoms with Crippen LogP contribution in [0.2, 0.25) is 5.02 Å². The fourth-order valence-electron chi connectivity index (χ4n) is 3.28. The zero-order valence-electron chi connectivity index (χ0n) is 14.6. The maximum atomic E-state index is 12.8. The van der Waals surface area contributed by atoms with Crippen LogP contribution >= 0.6 is 11.6 Å². The Bertz CT molecular complexity index is 865. The molecule has 1 atom stereocenters. The molecular formula is C20H19ClN2O4. The van der Waals surface area contributed by atoms with Crippen molar-refractivity contribution in [2.24, 2.45) is 0 Å². The highest BCUT2D eigenvalue weighted by Crippen LogP contribution is 2.31. The van der Waals surface area contributed by atoms with Crippen LogP contribution in [-0.2, 0) is 4.79 Å². The molecule has 0 bridgehead atoms. The normalized spacial score (nSPS) is 18.9. The quantitative estimate of drug-likeness (QED) is 0.795. The molecule has 2 heterocycles. The van der Waals surface area contributed by atoms with Gasteiger partial charge in [-0.1, -0.05) is 29.8 Å². The third kappa shape index (κ3) is 3.71. The largest absolute Gasteiger partial charge is 0.485 e. The number of carbonyl (C=O) groups is 2. The number of ether oxygens (including phenoxy) is 2. The summed E-state index contributed by atoms with van der Waals surface area (Å²) in [6.45, 7) is 2.07. The molecule has 0 spiro atoms. The highest BCUT2D eigenvalue weighted by Gasteiger charge is 2.33. The molecule has 7 heteroatoms. The lowest BCUT2D eigenvalue weighted by Crippen LogP contribution is -2.55. The second kappa shape index (κ2) is 7.48. The summed E-state index contributed by atoms with van der Waals surface area (Å²) in [5.74, 6) is 1.05. The van der Waals surface area contributed by atoms with Crippen molar-refractivity contribution in [1.29, 1.82) is 0 Å². The zero-order valence-corrected chi connectivity index (χ0v) is 15.4. The van der Waals surface area contributed by atoms with E-state index in [1.165, 1.54) is 0 Å². The van der Waals surface area contributed by atoms with Gasteiger partial charge < -0.3 is 19.3 Å². The number of benzene rings is 2. The van der Waals surface area contributed by atoms with E-state index >= 15 is 0 Å². The van der Waals surface area contributed by atoms with Crippen LogP contribution in [0.25, 0.3) is 0 Å². The van der Waals surface area contributed by atoms with Crippen molar-refractivity contribution in [2.75, 3.05) is 32.8 Å². The van der Waals surface area contributed by atoms with Crippen LogP contribution in [0.1, 0.15) is 10.4 Å². The average Bonchev–Trinajstić information content (AvgIpc) is 2.72. The molecule has 27 heavy (non-hydrogen) atoms. The Hall–Kier alpha value is -2.73. The molecule has 1 saturated heterocycles. The molecule has 0 aromatic heterocycles. The van der Waals surface area contributed by atoms with Gasteiger partial charge in [0.25, 0.3) is 11.8 Å². The summed E-state index contributed by atoms with van der Waals surface area (Å²) in [5, 5.41) is 0.532. The van der Waals surface area contributed by atoms with E-state index in [9.17, 15) is 9.59 Å². The van der Waals surface area contributed by atoms with E-state index in [2.05, 4.69) is 0 Å².